The van der Waals surface area contributed by atoms with Gasteiger partial charge < -0.3 is 20.6 Å². The smallest absolute Gasteiger partial charge is 0.240 e. The zero-order valence-corrected chi connectivity index (χ0v) is 14.4. The first-order valence-corrected chi connectivity index (χ1v) is 8.69. The van der Waals surface area contributed by atoms with Crippen molar-refractivity contribution < 1.29 is 24.5 Å². The number of alkyl halides is 1. The molecule has 1 aliphatic rings. The van der Waals surface area contributed by atoms with E-state index in [1.54, 1.807) is 6.92 Å². The number of carbonyl (C=O) groups is 1. The molecule has 0 aromatic heterocycles. The van der Waals surface area contributed by atoms with Crippen molar-refractivity contribution in [2.45, 2.75) is 50.2 Å². The minimum Gasteiger partial charge on any atom is -0.395 e. The summed E-state index contributed by atoms with van der Waals surface area (Å²) in [5.41, 5.74) is 1.12. The number of carbonyl (C=O) groups excluding carboxylic acids is 1. The Balaban J connectivity index is 2.13. The number of hydrogen-bond acceptors (Lipinski definition) is 5. The number of nitrogens with one attached hydrogen (secondary N) is 1. The van der Waals surface area contributed by atoms with Gasteiger partial charge >= 0.3 is 0 Å². The van der Waals surface area contributed by atoms with Crippen molar-refractivity contribution in [3.8, 4) is 0 Å². The molecule has 0 unspecified atom stereocenters. The van der Waals surface area contributed by atoms with Crippen molar-refractivity contribution in [1.82, 2.24) is 10.2 Å². The molecule has 7 heteroatoms. The highest BCUT2D eigenvalue weighted by Crippen LogP contribution is 2.27. The molecule has 0 radical (unpaired) electrons. The Morgan fingerprint density at radius 2 is 1.92 bits per heavy atom. The van der Waals surface area contributed by atoms with E-state index < -0.39 is 43.0 Å². The van der Waals surface area contributed by atoms with Gasteiger partial charge in [0, 0.05) is 6.54 Å². The molecule has 6 nitrogen and oxygen atoms in total. The second-order valence-corrected chi connectivity index (χ2v) is 6.34. The number of rotatable bonds is 7. The number of hydrogen-bond donors (Lipinski definition) is 4. The summed E-state index contributed by atoms with van der Waals surface area (Å²) in [6.45, 7) is 1.92. The Kier molecular flexibility index (Phi) is 7.31. The zero-order chi connectivity index (χ0) is 18.4. The van der Waals surface area contributed by atoms with Crippen LogP contribution in [0.1, 0.15) is 18.9 Å². The standard InChI is InChI=1S/C18H27FN2O4/c1-2-20-18(25)15-14(19)17(24)16(23)13(11-22)21(15)10-6-9-12-7-4-3-5-8-12/h3-5,7-8,13-17,22-24H,2,6,9-11H2,1H3,(H,20,25)/t13-,14-,15+,16-,17-/m1/s1. The molecule has 1 aromatic rings. The van der Waals surface area contributed by atoms with Gasteiger partial charge in [0.05, 0.1) is 12.6 Å². The van der Waals surface area contributed by atoms with E-state index in [9.17, 15) is 24.5 Å². The van der Waals surface area contributed by atoms with Gasteiger partial charge in [-0.2, -0.15) is 0 Å². The van der Waals surface area contributed by atoms with E-state index in [1.165, 1.54) is 4.90 Å². The summed E-state index contributed by atoms with van der Waals surface area (Å²) in [5, 5.41) is 32.2. The molecular weight excluding hydrogens is 327 g/mol. The minimum atomic E-state index is -1.92. The first-order chi connectivity index (χ1) is 12.0. The van der Waals surface area contributed by atoms with Gasteiger partial charge in [0.1, 0.15) is 18.2 Å². The van der Waals surface area contributed by atoms with Crippen molar-refractivity contribution in [3.05, 3.63) is 35.9 Å². The Morgan fingerprint density at radius 3 is 2.52 bits per heavy atom. The van der Waals surface area contributed by atoms with Crippen LogP contribution in [0.15, 0.2) is 30.3 Å². The van der Waals surface area contributed by atoms with E-state index in [-0.39, 0.29) is 0 Å². The quantitative estimate of drug-likeness (QED) is 0.547. The fraction of sp³-hybridized carbons (Fsp3) is 0.611. The molecule has 1 heterocycles. The van der Waals surface area contributed by atoms with Gasteiger partial charge in [-0.15, -0.1) is 0 Å². The molecule has 1 aliphatic heterocycles. The normalized spacial score (nSPS) is 30.2. The van der Waals surface area contributed by atoms with E-state index in [0.717, 1.165) is 12.0 Å². The summed E-state index contributed by atoms with van der Waals surface area (Å²) in [5.74, 6) is -0.542. The molecule has 140 valence electrons. The van der Waals surface area contributed by atoms with Gasteiger partial charge in [0.25, 0.3) is 0 Å². The number of likely N-dealkylation sites (N-methyl/N-ethyl adjacent to an activating group) is 1. The second-order valence-electron chi connectivity index (χ2n) is 6.34. The second kappa shape index (κ2) is 9.24. The molecule has 1 aromatic carbocycles. The number of benzene rings is 1. The summed E-state index contributed by atoms with van der Waals surface area (Å²) in [4.78, 5) is 13.8. The summed E-state index contributed by atoms with van der Waals surface area (Å²) >= 11 is 0. The van der Waals surface area contributed by atoms with Gasteiger partial charge in [-0.3, -0.25) is 9.69 Å². The van der Waals surface area contributed by atoms with Gasteiger partial charge in [-0.05, 0) is 31.9 Å². The fourth-order valence-corrected chi connectivity index (χ4v) is 3.39. The van der Waals surface area contributed by atoms with Crippen LogP contribution in [0.3, 0.4) is 0 Å². The lowest BCUT2D eigenvalue weighted by atomic mass is 9.88. The molecule has 0 spiro atoms. The van der Waals surface area contributed by atoms with Gasteiger partial charge in [0.15, 0.2) is 6.17 Å². The van der Waals surface area contributed by atoms with Crippen molar-refractivity contribution in [1.29, 1.82) is 0 Å². The molecule has 4 N–H and O–H groups in total. The lowest BCUT2D eigenvalue weighted by Gasteiger charge is -2.47. The average Bonchev–Trinajstić information content (AvgIpc) is 2.61. The molecule has 1 amide bonds. The summed E-state index contributed by atoms with van der Waals surface area (Å²) < 4.78 is 14.6. The number of amides is 1. The fourth-order valence-electron chi connectivity index (χ4n) is 3.39. The van der Waals surface area contributed by atoms with E-state index in [1.807, 2.05) is 30.3 Å². The van der Waals surface area contributed by atoms with E-state index in [2.05, 4.69) is 5.32 Å². The molecule has 5 atom stereocenters. The van der Waals surface area contributed by atoms with Crippen LogP contribution in [0.2, 0.25) is 0 Å². The Hall–Kier alpha value is -1.54. The average molecular weight is 354 g/mol. The van der Waals surface area contributed by atoms with Crippen LogP contribution in [0.25, 0.3) is 0 Å². The highest BCUT2D eigenvalue weighted by Gasteiger charge is 2.50. The number of likely N-dealkylation sites (tertiary alicyclic amines) is 1. The van der Waals surface area contributed by atoms with Crippen LogP contribution in [-0.2, 0) is 11.2 Å². The summed E-state index contributed by atoms with van der Waals surface area (Å²) in [6.07, 6.45) is -3.70. The lowest BCUT2D eigenvalue weighted by Crippen LogP contribution is -2.69. The third-order valence-corrected chi connectivity index (χ3v) is 4.69. The summed E-state index contributed by atoms with van der Waals surface area (Å²) in [6, 6.07) is 7.64. The maximum atomic E-state index is 14.6. The van der Waals surface area contributed by atoms with Crippen molar-refractivity contribution >= 4 is 5.91 Å². The first kappa shape index (κ1) is 19.8. The monoisotopic (exact) mass is 354 g/mol. The highest BCUT2D eigenvalue weighted by molar-refractivity contribution is 5.82. The topological polar surface area (TPSA) is 93.0 Å². The zero-order valence-electron chi connectivity index (χ0n) is 14.4. The van der Waals surface area contributed by atoms with Crippen LogP contribution in [0.4, 0.5) is 4.39 Å². The number of nitrogens with zero attached hydrogens (tertiary/aromatic N) is 1. The maximum Gasteiger partial charge on any atom is 0.240 e. The largest absolute Gasteiger partial charge is 0.395 e. The molecule has 25 heavy (non-hydrogen) atoms. The number of aryl methyl sites for hydroxylation is 1. The SMILES string of the molecule is CCNC(=O)[C@@H]1[C@@H](F)[C@@H](O)[C@H](O)[C@@H](CO)N1CCCc1ccccc1. The lowest BCUT2D eigenvalue weighted by molar-refractivity contribution is -0.164. The molecule has 0 bridgehead atoms. The first-order valence-electron chi connectivity index (χ1n) is 8.69. The number of piperidine rings is 1. The molecular formula is C18H27FN2O4. The van der Waals surface area contributed by atoms with Crippen LogP contribution in [-0.4, -0.2) is 76.3 Å². The van der Waals surface area contributed by atoms with Crippen molar-refractivity contribution in [2.75, 3.05) is 19.7 Å². The Labute approximate surface area is 147 Å². The third-order valence-electron chi connectivity index (χ3n) is 4.69. The molecule has 1 saturated heterocycles. The minimum absolute atomic E-state index is 0.326. The van der Waals surface area contributed by atoms with E-state index in [0.29, 0.717) is 19.5 Å². The predicted molar refractivity (Wildman–Crippen MR) is 91.7 cm³/mol. The highest BCUT2D eigenvalue weighted by atomic mass is 19.1. The number of aliphatic hydroxyl groups excluding tert-OH is 3. The van der Waals surface area contributed by atoms with Crippen LogP contribution in [0.5, 0.6) is 0 Å². The van der Waals surface area contributed by atoms with E-state index in [4.69, 9.17) is 0 Å². The third kappa shape index (κ3) is 4.55. The van der Waals surface area contributed by atoms with Crippen LogP contribution < -0.4 is 5.32 Å². The molecule has 1 fully saturated rings. The Morgan fingerprint density at radius 1 is 1.24 bits per heavy atom. The van der Waals surface area contributed by atoms with Gasteiger partial charge in [-0.1, -0.05) is 30.3 Å². The number of aliphatic hydroxyl groups is 3. The maximum absolute atomic E-state index is 14.6. The van der Waals surface area contributed by atoms with Crippen molar-refractivity contribution in [3.63, 3.8) is 0 Å². The van der Waals surface area contributed by atoms with Crippen molar-refractivity contribution in [2.24, 2.45) is 0 Å². The van der Waals surface area contributed by atoms with Crippen LogP contribution >= 0.6 is 0 Å². The summed E-state index contributed by atoms with van der Waals surface area (Å²) in [7, 11) is 0. The predicted octanol–water partition coefficient (Wildman–Crippen LogP) is -0.140. The van der Waals surface area contributed by atoms with Gasteiger partial charge in [0.2, 0.25) is 5.91 Å². The molecule has 0 aliphatic carbocycles. The number of halogens is 1. The van der Waals surface area contributed by atoms with E-state index >= 15 is 0 Å². The molecule has 0 saturated carbocycles. The van der Waals surface area contributed by atoms with Crippen LogP contribution in [0, 0.1) is 0 Å². The van der Waals surface area contributed by atoms with Gasteiger partial charge in [-0.25, -0.2) is 4.39 Å². The molecule has 2 rings (SSSR count). The Bertz CT molecular complexity index is 545.